The Morgan fingerprint density at radius 2 is 1.50 bits per heavy atom. The highest BCUT2D eigenvalue weighted by molar-refractivity contribution is 4.94. The van der Waals surface area contributed by atoms with E-state index in [-0.39, 0.29) is 5.54 Å². The number of hydrogen-bond acceptors (Lipinski definition) is 3. The van der Waals surface area contributed by atoms with Gasteiger partial charge in [-0.25, -0.2) is 0 Å². The summed E-state index contributed by atoms with van der Waals surface area (Å²) >= 11 is 0. The number of morpholine rings is 1. The van der Waals surface area contributed by atoms with E-state index in [9.17, 15) is 0 Å². The first-order chi connectivity index (χ1) is 10.2. The molecule has 1 aliphatic rings. The normalized spacial score (nSPS) is 17.7. The molecule has 0 aliphatic carbocycles. The average molecular weight is 318 g/mol. The Balaban J connectivity index is 0. The first-order valence-corrected chi connectivity index (χ1v) is 9.08. The Labute approximate surface area is 140 Å². The molecule has 0 N–H and O–H groups in total. The van der Waals surface area contributed by atoms with Crippen molar-refractivity contribution in [3.63, 3.8) is 0 Å². The molecule has 1 aliphatic heterocycles. The van der Waals surface area contributed by atoms with Gasteiger partial charge in [-0.05, 0) is 39.0 Å². The summed E-state index contributed by atoms with van der Waals surface area (Å²) < 4.78 is 10.3. The van der Waals surface area contributed by atoms with Crippen LogP contribution in [0.25, 0.3) is 0 Å². The molecular weight excluding hydrogens is 274 g/mol. The maximum Gasteiger partial charge on any atom is 0.0594 e. The van der Waals surface area contributed by atoms with E-state index >= 15 is 0 Å². The zero-order valence-electron chi connectivity index (χ0n) is 17.1. The van der Waals surface area contributed by atoms with Crippen molar-refractivity contribution in [3.8, 4) is 0 Å². The fourth-order valence-corrected chi connectivity index (χ4v) is 2.15. The van der Waals surface area contributed by atoms with Gasteiger partial charge in [-0.3, -0.25) is 4.90 Å². The third-order valence-electron chi connectivity index (χ3n) is 5.32. The molecule has 136 valence electrons. The van der Waals surface area contributed by atoms with Gasteiger partial charge in [0, 0.05) is 25.7 Å². The predicted molar refractivity (Wildman–Crippen MR) is 98.7 cm³/mol. The largest absolute Gasteiger partial charge is 0.382 e. The third-order valence-corrected chi connectivity index (χ3v) is 5.32. The molecule has 0 aromatic carbocycles. The molecule has 1 saturated heterocycles. The smallest absolute Gasteiger partial charge is 0.0594 e. The van der Waals surface area contributed by atoms with Crippen molar-refractivity contribution in [2.45, 2.75) is 86.8 Å². The van der Waals surface area contributed by atoms with Crippen LogP contribution in [-0.4, -0.2) is 50.0 Å². The zero-order valence-corrected chi connectivity index (χ0v) is 17.1. The molecule has 0 amide bonds. The monoisotopic (exact) mass is 317 g/mol. The topological polar surface area (TPSA) is 21.7 Å². The Hall–Kier alpha value is -0.120. The number of nitrogens with zero attached hydrogens (tertiary/aromatic N) is 1. The highest BCUT2D eigenvalue weighted by atomic mass is 16.5. The van der Waals surface area contributed by atoms with Crippen molar-refractivity contribution in [2.24, 2.45) is 5.41 Å². The molecule has 1 heterocycles. The average Bonchev–Trinajstić information content (AvgIpc) is 2.57. The van der Waals surface area contributed by atoms with Gasteiger partial charge in [-0.15, -0.1) is 0 Å². The lowest BCUT2D eigenvalue weighted by Crippen LogP contribution is -2.57. The van der Waals surface area contributed by atoms with Gasteiger partial charge in [0.2, 0.25) is 0 Å². The number of ether oxygens (including phenoxy) is 2. The van der Waals surface area contributed by atoms with Crippen molar-refractivity contribution >= 4 is 0 Å². The molecule has 22 heavy (non-hydrogen) atoms. The minimum absolute atomic E-state index is 0.269. The van der Waals surface area contributed by atoms with E-state index in [0.29, 0.717) is 11.5 Å². The van der Waals surface area contributed by atoms with Gasteiger partial charge in [-0.2, -0.15) is 0 Å². The van der Waals surface area contributed by atoms with E-state index in [1.807, 2.05) is 13.8 Å². The van der Waals surface area contributed by atoms with Crippen LogP contribution in [0, 0.1) is 5.41 Å². The minimum Gasteiger partial charge on any atom is -0.382 e. The predicted octanol–water partition coefficient (Wildman–Crippen LogP) is 4.99. The van der Waals surface area contributed by atoms with Crippen LogP contribution in [0.1, 0.15) is 75.2 Å². The standard InChI is InChI=1S/C12H25NO.C5H12O.C2H6/c1-6-11(2,3)12(4,5)13-7-9-14-10-8-13;1-4-5(2)6-3;1-2/h6-10H2,1-5H3;5H,4H2,1-3H3;1-2H3. The molecule has 1 rings (SSSR count). The van der Waals surface area contributed by atoms with E-state index in [0.717, 1.165) is 32.7 Å². The fraction of sp³-hybridized carbons (Fsp3) is 1.00. The summed E-state index contributed by atoms with van der Waals surface area (Å²) in [4.78, 5) is 2.57. The van der Waals surface area contributed by atoms with Crippen LogP contribution in [0.5, 0.6) is 0 Å². The lowest BCUT2D eigenvalue weighted by atomic mass is 9.71. The quantitative estimate of drug-likeness (QED) is 0.713. The summed E-state index contributed by atoms with van der Waals surface area (Å²) in [5.41, 5.74) is 0.635. The molecule has 3 nitrogen and oxygen atoms in total. The Kier molecular flexibility index (Phi) is 13.5. The molecule has 0 bridgehead atoms. The van der Waals surface area contributed by atoms with Gasteiger partial charge in [0.25, 0.3) is 0 Å². The summed E-state index contributed by atoms with van der Waals surface area (Å²) in [5, 5.41) is 0. The number of rotatable bonds is 5. The van der Waals surface area contributed by atoms with E-state index in [1.54, 1.807) is 7.11 Å². The van der Waals surface area contributed by atoms with Crippen molar-refractivity contribution in [1.82, 2.24) is 4.90 Å². The van der Waals surface area contributed by atoms with E-state index in [4.69, 9.17) is 9.47 Å². The highest BCUT2D eigenvalue weighted by Gasteiger charge is 2.40. The van der Waals surface area contributed by atoms with Crippen LogP contribution in [0.4, 0.5) is 0 Å². The molecule has 1 atom stereocenters. The number of methoxy groups -OCH3 is 1. The van der Waals surface area contributed by atoms with E-state index in [2.05, 4.69) is 53.4 Å². The molecule has 3 heteroatoms. The summed E-state index contributed by atoms with van der Waals surface area (Å²) in [6, 6.07) is 0. The Morgan fingerprint density at radius 1 is 1.05 bits per heavy atom. The lowest BCUT2D eigenvalue weighted by Gasteiger charge is -2.50. The molecular formula is C19H43NO2. The van der Waals surface area contributed by atoms with Gasteiger partial charge >= 0.3 is 0 Å². The van der Waals surface area contributed by atoms with Gasteiger partial charge in [0.05, 0.1) is 19.3 Å². The van der Waals surface area contributed by atoms with Crippen LogP contribution in [-0.2, 0) is 9.47 Å². The van der Waals surface area contributed by atoms with Crippen molar-refractivity contribution in [3.05, 3.63) is 0 Å². The fourth-order valence-electron chi connectivity index (χ4n) is 2.15. The van der Waals surface area contributed by atoms with Crippen molar-refractivity contribution < 1.29 is 9.47 Å². The molecule has 0 spiro atoms. The van der Waals surface area contributed by atoms with Gasteiger partial charge in [0.15, 0.2) is 0 Å². The summed E-state index contributed by atoms with van der Waals surface area (Å²) in [7, 11) is 1.73. The number of hydrogen-bond donors (Lipinski definition) is 0. The molecule has 1 fully saturated rings. The van der Waals surface area contributed by atoms with Crippen molar-refractivity contribution in [2.75, 3.05) is 33.4 Å². The van der Waals surface area contributed by atoms with Gasteiger partial charge in [0.1, 0.15) is 0 Å². The molecule has 0 aromatic rings. The summed E-state index contributed by atoms with van der Waals surface area (Å²) in [5.74, 6) is 0. The molecule has 0 aromatic heterocycles. The third kappa shape index (κ3) is 7.94. The summed E-state index contributed by atoms with van der Waals surface area (Å²) in [6.45, 7) is 23.8. The SMILES string of the molecule is CC.CCC(C)(C)C(C)(C)N1CCOCC1.CCC(C)OC. The Bertz CT molecular complexity index is 242. The van der Waals surface area contributed by atoms with Crippen LogP contribution in [0.2, 0.25) is 0 Å². The van der Waals surface area contributed by atoms with Gasteiger partial charge in [-0.1, -0.05) is 41.5 Å². The second-order valence-electron chi connectivity index (χ2n) is 6.85. The maximum atomic E-state index is 5.40. The highest BCUT2D eigenvalue weighted by Crippen LogP contribution is 2.38. The summed E-state index contributed by atoms with van der Waals surface area (Å²) in [6.07, 6.45) is 2.76. The van der Waals surface area contributed by atoms with Crippen LogP contribution in [0.15, 0.2) is 0 Å². The van der Waals surface area contributed by atoms with Crippen molar-refractivity contribution in [1.29, 1.82) is 0 Å². The maximum absolute atomic E-state index is 5.40. The minimum atomic E-state index is 0.269. The molecule has 1 unspecified atom stereocenters. The lowest BCUT2D eigenvalue weighted by molar-refractivity contribution is -0.0570. The first kappa shape index (κ1) is 24.1. The second-order valence-corrected chi connectivity index (χ2v) is 6.85. The van der Waals surface area contributed by atoms with E-state index in [1.165, 1.54) is 6.42 Å². The van der Waals surface area contributed by atoms with Crippen LogP contribution < -0.4 is 0 Å². The first-order valence-electron chi connectivity index (χ1n) is 9.08. The molecule has 0 saturated carbocycles. The van der Waals surface area contributed by atoms with E-state index < -0.39 is 0 Å². The van der Waals surface area contributed by atoms with Gasteiger partial charge < -0.3 is 9.47 Å². The second kappa shape index (κ2) is 12.3. The Morgan fingerprint density at radius 3 is 1.77 bits per heavy atom. The van der Waals surface area contributed by atoms with Crippen LogP contribution >= 0.6 is 0 Å². The van der Waals surface area contributed by atoms with Crippen LogP contribution in [0.3, 0.4) is 0 Å². The molecule has 0 radical (unpaired) electrons. The zero-order chi connectivity index (χ0) is 17.8.